The van der Waals surface area contributed by atoms with E-state index in [1.54, 1.807) is 0 Å². The van der Waals surface area contributed by atoms with Gasteiger partial charge in [0.1, 0.15) is 0 Å². The number of nitrogens with one attached hydrogen (secondary N) is 1. The van der Waals surface area contributed by atoms with Gasteiger partial charge in [-0.25, -0.2) is 0 Å². The largest absolute Gasteiger partial charge is 0.449 e. The van der Waals surface area contributed by atoms with Gasteiger partial charge in [-0.2, -0.15) is 0 Å². The number of furan rings is 1. The van der Waals surface area contributed by atoms with E-state index in [-0.39, 0.29) is 5.91 Å². The van der Waals surface area contributed by atoms with Gasteiger partial charge in [0.2, 0.25) is 0 Å². The fourth-order valence-electron chi connectivity index (χ4n) is 2.98. The van der Waals surface area contributed by atoms with Gasteiger partial charge in [0.05, 0.1) is 5.52 Å². The number of rotatable bonds is 1. The fraction of sp³-hybridized carbons (Fsp3) is 0.312. The second kappa shape index (κ2) is 4.40. The zero-order valence-electron chi connectivity index (χ0n) is 11.2. The van der Waals surface area contributed by atoms with Gasteiger partial charge in [-0.15, -0.1) is 0 Å². The number of carbonyl (C=O) groups excluding carboxylic acids is 1. The third-order valence-corrected chi connectivity index (χ3v) is 4.03. The molecule has 1 amide bonds. The van der Waals surface area contributed by atoms with Crippen molar-refractivity contribution in [1.29, 1.82) is 0 Å². The first kappa shape index (κ1) is 11.6. The minimum absolute atomic E-state index is 0.0124. The summed E-state index contributed by atoms with van der Waals surface area (Å²) in [7, 11) is 0. The monoisotopic (exact) mass is 268 g/mol. The molecule has 0 bridgehead atoms. The van der Waals surface area contributed by atoms with Gasteiger partial charge < -0.3 is 14.3 Å². The molecule has 0 radical (unpaired) electrons. The number of carbonyl (C=O) groups is 1. The summed E-state index contributed by atoms with van der Waals surface area (Å²) in [5, 5.41) is 1.03. The number of piperidine rings is 1. The molecule has 1 aliphatic rings. The van der Waals surface area contributed by atoms with Crippen LogP contribution in [0, 0.1) is 0 Å². The van der Waals surface area contributed by atoms with Crippen LogP contribution < -0.4 is 0 Å². The molecule has 0 saturated carbocycles. The van der Waals surface area contributed by atoms with Crippen LogP contribution in [0.5, 0.6) is 0 Å². The van der Waals surface area contributed by atoms with Crippen molar-refractivity contribution in [3.8, 4) is 0 Å². The summed E-state index contributed by atoms with van der Waals surface area (Å²) in [6.07, 6.45) is 3.40. The maximum absolute atomic E-state index is 12.4. The molecule has 3 heterocycles. The standard InChI is InChI=1S/C16H16N2O2/c19-16(18-8-4-1-5-9-18)14-10-13-15(20-14)11-6-2-3-7-12(11)17-13/h2-3,6-7,10,17H,1,4-5,8-9H2. The predicted octanol–water partition coefficient (Wildman–Crippen LogP) is 3.54. The lowest BCUT2D eigenvalue weighted by Gasteiger charge is -2.25. The van der Waals surface area contributed by atoms with Gasteiger partial charge in [0.25, 0.3) is 5.91 Å². The molecule has 0 spiro atoms. The second-order valence-corrected chi connectivity index (χ2v) is 5.38. The third-order valence-electron chi connectivity index (χ3n) is 4.03. The van der Waals surface area contributed by atoms with Crippen molar-refractivity contribution >= 4 is 27.9 Å². The molecule has 1 saturated heterocycles. The van der Waals surface area contributed by atoms with Gasteiger partial charge in [-0.05, 0) is 31.4 Å². The van der Waals surface area contributed by atoms with E-state index in [0.717, 1.165) is 47.9 Å². The van der Waals surface area contributed by atoms with Gasteiger partial charge >= 0.3 is 0 Å². The van der Waals surface area contributed by atoms with Crippen LogP contribution in [0.3, 0.4) is 0 Å². The number of aromatic nitrogens is 1. The number of hydrogen-bond donors (Lipinski definition) is 1. The molecule has 2 aromatic heterocycles. The molecule has 0 aliphatic carbocycles. The average Bonchev–Trinajstić information content (AvgIpc) is 3.05. The van der Waals surface area contributed by atoms with Gasteiger partial charge in [-0.3, -0.25) is 4.79 Å². The first-order valence-electron chi connectivity index (χ1n) is 7.12. The van der Waals surface area contributed by atoms with Crippen LogP contribution in [0.2, 0.25) is 0 Å². The van der Waals surface area contributed by atoms with E-state index in [4.69, 9.17) is 4.42 Å². The molecule has 0 atom stereocenters. The summed E-state index contributed by atoms with van der Waals surface area (Å²) >= 11 is 0. The van der Waals surface area contributed by atoms with Crippen LogP contribution in [-0.2, 0) is 0 Å². The maximum atomic E-state index is 12.4. The lowest BCUT2D eigenvalue weighted by molar-refractivity contribution is 0.0694. The van der Waals surface area contributed by atoms with Crippen molar-refractivity contribution in [3.05, 3.63) is 36.1 Å². The number of amides is 1. The normalized spacial score (nSPS) is 16.1. The zero-order chi connectivity index (χ0) is 13.5. The lowest BCUT2D eigenvalue weighted by Crippen LogP contribution is -2.35. The molecular formula is C16H16N2O2. The van der Waals surface area contributed by atoms with Crippen molar-refractivity contribution in [1.82, 2.24) is 9.88 Å². The van der Waals surface area contributed by atoms with Crippen molar-refractivity contribution < 1.29 is 9.21 Å². The van der Waals surface area contributed by atoms with E-state index < -0.39 is 0 Å². The minimum atomic E-state index is 0.0124. The van der Waals surface area contributed by atoms with E-state index >= 15 is 0 Å². The van der Waals surface area contributed by atoms with Crippen LogP contribution in [-0.4, -0.2) is 28.9 Å². The molecule has 0 unspecified atom stereocenters. The van der Waals surface area contributed by atoms with Crippen molar-refractivity contribution in [3.63, 3.8) is 0 Å². The molecule has 102 valence electrons. The highest BCUT2D eigenvalue weighted by Gasteiger charge is 2.22. The first-order chi connectivity index (χ1) is 9.83. The summed E-state index contributed by atoms with van der Waals surface area (Å²) < 4.78 is 5.81. The zero-order valence-corrected chi connectivity index (χ0v) is 11.2. The number of nitrogens with zero attached hydrogens (tertiary/aromatic N) is 1. The number of likely N-dealkylation sites (tertiary alicyclic amines) is 1. The Labute approximate surface area is 116 Å². The quantitative estimate of drug-likeness (QED) is 0.733. The van der Waals surface area contributed by atoms with Crippen molar-refractivity contribution in [2.75, 3.05) is 13.1 Å². The van der Waals surface area contributed by atoms with Gasteiger partial charge in [-0.1, -0.05) is 12.1 Å². The third kappa shape index (κ3) is 1.72. The topological polar surface area (TPSA) is 49.2 Å². The lowest BCUT2D eigenvalue weighted by atomic mass is 10.1. The summed E-state index contributed by atoms with van der Waals surface area (Å²) in [5.74, 6) is 0.456. The number of H-pyrrole nitrogens is 1. The molecule has 4 rings (SSSR count). The number of aromatic amines is 1. The molecule has 1 fully saturated rings. The smallest absolute Gasteiger partial charge is 0.289 e. The SMILES string of the molecule is O=C(c1cc2[nH]c3ccccc3c2o1)N1CCCCC1. The van der Waals surface area contributed by atoms with Crippen molar-refractivity contribution in [2.24, 2.45) is 0 Å². The molecule has 1 aromatic carbocycles. The Morgan fingerprint density at radius 1 is 1.10 bits per heavy atom. The molecule has 1 aliphatic heterocycles. The molecule has 4 nitrogen and oxygen atoms in total. The van der Waals surface area contributed by atoms with E-state index in [0.29, 0.717) is 5.76 Å². The van der Waals surface area contributed by atoms with Gasteiger partial charge in [0, 0.05) is 30.1 Å². The Bertz CT molecular complexity index is 778. The van der Waals surface area contributed by atoms with Crippen LogP contribution in [0.1, 0.15) is 29.8 Å². The van der Waals surface area contributed by atoms with E-state index in [1.807, 2.05) is 35.2 Å². The number of benzene rings is 1. The highest BCUT2D eigenvalue weighted by atomic mass is 16.3. The Balaban J connectivity index is 1.75. The average molecular weight is 268 g/mol. The molecule has 3 aromatic rings. The number of hydrogen-bond acceptors (Lipinski definition) is 2. The highest BCUT2D eigenvalue weighted by Crippen LogP contribution is 2.28. The van der Waals surface area contributed by atoms with Crippen LogP contribution in [0.25, 0.3) is 22.0 Å². The highest BCUT2D eigenvalue weighted by molar-refractivity contribution is 6.06. The molecule has 1 N–H and O–H groups in total. The van der Waals surface area contributed by atoms with Crippen LogP contribution >= 0.6 is 0 Å². The Hall–Kier alpha value is -2.23. The Kier molecular flexibility index (Phi) is 2.55. The van der Waals surface area contributed by atoms with Crippen LogP contribution in [0.15, 0.2) is 34.7 Å². The number of fused-ring (bicyclic) bond motifs is 3. The number of para-hydroxylation sites is 1. The molecular weight excluding hydrogens is 252 g/mol. The Morgan fingerprint density at radius 2 is 1.90 bits per heavy atom. The molecule has 20 heavy (non-hydrogen) atoms. The fourth-order valence-corrected chi connectivity index (χ4v) is 2.98. The summed E-state index contributed by atoms with van der Waals surface area (Å²) in [6.45, 7) is 1.68. The van der Waals surface area contributed by atoms with Gasteiger partial charge in [0.15, 0.2) is 11.3 Å². The Morgan fingerprint density at radius 3 is 2.75 bits per heavy atom. The summed E-state index contributed by atoms with van der Waals surface area (Å²) in [5.41, 5.74) is 2.71. The van der Waals surface area contributed by atoms with E-state index in [2.05, 4.69) is 4.98 Å². The molecule has 4 heteroatoms. The second-order valence-electron chi connectivity index (χ2n) is 5.38. The maximum Gasteiger partial charge on any atom is 0.289 e. The van der Waals surface area contributed by atoms with E-state index in [1.165, 1.54) is 6.42 Å². The van der Waals surface area contributed by atoms with Crippen LogP contribution in [0.4, 0.5) is 0 Å². The first-order valence-corrected chi connectivity index (χ1v) is 7.12. The van der Waals surface area contributed by atoms with Crippen molar-refractivity contribution in [2.45, 2.75) is 19.3 Å². The summed E-state index contributed by atoms with van der Waals surface area (Å²) in [4.78, 5) is 17.6. The minimum Gasteiger partial charge on any atom is -0.449 e. The van der Waals surface area contributed by atoms with E-state index in [9.17, 15) is 4.79 Å². The summed E-state index contributed by atoms with van der Waals surface area (Å²) in [6, 6.07) is 9.80. The predicted molar refractivity (Wildman–Crippen MR) is 77.8 cm³/mol.